The first-order valence-corrected chi connectivity index (χ1v) is 7.10. The first kappa shape index (κ1) is 15.4. The van der Waals surface area contributed by atoms with Gasteiger partial charge in [0.05, 0.1) is 0 Å². The lowest BCUT2D eigenvalue weighted by molar-refractivity contribution is -0.159. The summed E-state index contributed by atoms with van der Waals surface area (Å²) in [6.45, 7) is 6.94. The van der Waals surface area contributed by atoms with Gasteiger partial charge in [0.25, 0.3) is 0 Å². The van der Waals surface area contributed by atoms with Gasteiger partial charge in [-0.25, -0.2) is 0 Å². The number of hydrogen-bond acceptors (Lipinski definition) is 4. The molecule has 1 fully saturated rings. The van der Waals surface area contributed by atoms with Crippen LogP contribution in [0.5, 0.6) is 0 Å². The van der Waals surface area contributed by atoms with E-state index in [1.807, 2.05) is 20.8 Å². The third-order valence-corrected chi connectivity index (χ3v) is 3.29. The van der Waals surface area contributed by atoms with Crippen molar-refractivity contribution < 1.29 is 9.53 Å². The monoisotopic (exact) mass is 256 g/mol. The summed E-state index contributed by atoms with van der Waals surface area (Å²) in [5, 5.41) is 3.26. The van der Waals surface area contributed by atoms with E-state index in [9.17, 15) is 4.79 Å². The summed E-state index contributed by atoms with van der Waals surface area (Å²) >= 11 is 0. The second-order valence-electron chi connectivity index (χ2n) is 6.15. The maximum Gasteiger partial charge on any atom is 0.323 e. The molecule has 0 bridgehead atoms. The average molecular weight is 256 g/mol. The molecule has 106 valence electrons. The molecular formula is C14H28N2O2. The predicted molar refractivity (Wildman–Crippen MR) is 73.3 cm³/mol. The van der Waals surface area contributed by atoms with E-state index < -0.39 is 5.60 Å². The molecule has 0 unspecified atom stereocenters. The van der Waals surface area contributed by atoms with Crippen LogP contribution in [0.2, 0.25) is 0 Å². The third-order valence-electron chi connectivity index (χ3n) is 3.29. The molecule has 0 saturated heterocycles. The lowest BCUT2D eigenvalue weighted by atomic mass is 9.84. The first-order valence-electron chi connectivity index (χ1n) is 7.10. The van der Waals surface area contributed by atoms with Gasteiger partial charge in [0.2, 0.25) is 0 Å². The molecule has 0 spiro atoms. The Kier molecular flexibility index (Phi) is 6.09. The summed E-state index contributed by atoms with van der Waals surface area (Å²) in [6.07, 6.45) is 5.94. The van der Waals surface area contributed by atoms with Crippen molar-refractivity contribution in [1.82, 2.24) is 5.32 Å². The first-order chi connectivity index (χ1) is 8.44. The number of nitrogens with two attached hydrogens (primary N) is 1. The van der Waals surface area contributed by atoms with Crippen LogP contribution in [0.4, 0.5) is 0 Å². The minimum atomic E-state index is -0.422. The van der Waals surface area contributed by atoms with Gasteiger partial charge in [0.1, 0.15) is 11.6 Å². The van der Waals surface area contributed by atoms with Gasteiger partial charge < -0.3 is 15.8 Å². The highest BCUT2D eigenvalue weighted by molar-refractivity contribution is 5.76. The molecule has 1 aliphatic rings. The van der Waals surface area contributed by atoms with E-state index in [1.54, 1.807) is 0 Å². The molecule has 0 radical (unpaired) electrons. The normalized spacial score (nSPS) is 19.6. The minimum absolute atomic E-state index is 0.122. The zero-order valence-electron chi connectivity index (χ0n) is 12.0. The average Bonchev–Trinajstić information content (AvgIpc) is 2.28. The van der Waals surface area contributed by atoms with E-state index in [0.29, 0.717) is 19.0 Å². The van der Waals surface area contributed by atoms with E-state index in [4.69, 9.17) is 10.5 Å². The number of rotatable bonds is 5. The summed E-state index contributed by atoms with van der Waals surface area (Å²) in [5.74, 6) is 0.281. The Hall–Kier alpha value is -0.610. The Bertz CT molecular complexity index is 255. The molecule has 1 rings (SSSR count). The Morgan fingerprint density at radius 3 is 2.44 bits per heavy atom. The molecular weight excluding hydrogens is 228 g/mol. The van der Waals surface area contributed by atoms with Gasteiger partial charge in [-0.3, -0.25) is 4.79 Å². The fourth-order valence-corrected chi connectivity index (χ4v) is 2.51. The fraction of sp³-hybridized carbons (Fsp3) is 0.929. The van der Waals surface area contributed by atoms with Crippen molar-refractivity contribution in [2.45, 2.75) is 64.5 Å². The number of ether oxygens (including phenoxy) is 1. The van der Waals surface area contributed by atoms with Gasteiger partial charge in [-0.05, 0) is 39.5 Å². The van der Waals surface area contributed by atoms with E-state index in [1.165, 1.54) is 19.3 Å². The van der Waals surface area contributed by atoms with Crippen LogP contribution < -0.4 is 11.1 Å². The van der Waals surface area contributed by atoms with Gasteiger partial charge in [0, 0.05) is 13.1 Å². The van der Waals surface area contributed by atoms with Gasteiger partial charge in [0.15, 0.2) is 0 Å². The van der Waals surface area contributed by atoms with Crippen LogP contribution in [-0.2, 0) is 9.53 Å². The molecule has 1 saturated carbocycles. The summed E-state index contributed by atoms with van der Waals surface area (Å²) in [5.41, 5.74) is 5.10. The van der Waals surface area contributed by atoms with Crippen molar-refractivity contribution in [1.29, 1.82) is 0 Å². The van der Waals surface area contributed by atoms with E-state index in [0.717, 1.165) is 12.8 Å². The number of carbonyl (C=O) groups excluding carboxylic acids is 1. The van der Waals surface area contributed by atoms with Crippen LogP contribution in [0, 0.1) is 5.92 Å². The van der Waals surface area contributed by atoms with Gasteiger partial charge in [-0.1, -0.05) is 19.3 Å². The highest BCUT2D eigenvalue weighted by Gasteiger charge is 2.32. The molecule has 0 aromatic carbocycles. The van der Waals surface area contributed by atoms with E-state index in [-0.39, 0.29) is 12.0 Å². The number of hydrogen-bond donors (Lipinski definition) is 2. The predicted octanol–water partition coefficient (Wildman–Crippen LogP) is 1.83. The van der Waals surface area contributed by atoms with Crippen LogP contribution in [0.15, 0.2) is 0 Å². The summed E-state index contributed by atoms with van der Waals surface area (Å²) < 4.78 is 5.51. The Balaban J connectivity index is 2.60. The maximum atomic E-state index is 12.2. The number of carbonyl (C=O) groups is 1. The number of nitrogens with one attached hydrogen (secondary N) is 1. The molecule has 0 amide bonds. The summed E-state index contributed by atoms with van der Waals surface area (Å²) in [6, 6.07) is -0.187. The highest BCUT2D eigenvalue weighted by Crippen LogP contribution is 2.27. The zero-order chi connectivity index (χ0) is 13.6. The van der Waals surface area contributed by atoms with Crippen molar-refractivity contribution in [3.63, 3.8) is 0 Å². The zero-order valence-corrected chi connectivity index (χ0v) is 12.0. The van der Waals surface area contributed by atoms with Crippen LogP contribution in [-0.4, -0.2) is 30.7 Å². The summed E-state index contributed by atoms with van der Waals surface area (Å²) in [7, 11) is 0. The minimum Gasteiger partial charge on any atom is -0.459 e. The molecule has 0 heterocycles. The lowest BCUT2D eigenvalue weighted by Crippen LogP contribution is -2.48. The molecule has 18 heavy (non-hydrogen) atoms. The standard InChI is InChI=1S/C14H28N2O2/c1-14(2,3)18-13(17)12(16-10-9-15)11-7-5-4-6-8-11/h11-12,16H,4-10,15H2,1-3H3/t12-/m0/s1. The fourth-order valence-electron chi connectivity index (χ4n) is 2.51. The van der Waals surface area contributed by atoms with Crippen LogP contribution in [0.1, 0.15) is 52.9 Å². The Morgan fingerprint density at radius 2 is 1.94 bits per heavy atom. The maximum absolute atomic E-state index is 12.2. The molecule has 0 aromatic heterocycles. The van der Waals surface area contributed by atoms with Crippen molar-refractivity contribution in [2.24, 2.45) is 11.7 Å². The number of esters is 1. The second kappa shape index (κ2) is 7.10. The van der Waals surface area contributed by atoms with Crippen LogP contribution in [0.3, 0.4) is 0 Å². The van der Waals surface area contributed by atoms with E-state index >= 15 is 0 Å². The largest absolute Gasteiger partial charge is 0.459 e. The van der Waals surface area contributed by atoms with Gasteiger partial charge >= 0.3 is 5.97 Å². The summed E-state index contributed by atoms with van der Waals surface area (Å²) in [4.78, 5) is 12.2. The van der Waals surface area contributed by atoms with Crippen molar-refractivity contribution in [2.75, 3.05) is 13.1 Å². The van der Waals surface area contributed by atoms with E-state index in [2.05, 4.69) is 5.32 Å². The molecule has 1 atom stereocenters. The smallest absolute Gasteiger partial charge is 0.323 e. The van der Waals surface area contributed by atoms with Crippen LogP contribution >= 0.6 is 0 Å². The van der Waals surface area contributed by atoms with Gasteiger partial charge in [-0.15, -0.1) is 0 Å². The molecule has 1 aliphatic carbocycles. The van der Waals surface area contributed by atoms with Crippen molar-refractivity contribution in [3.8, 4) is 0 Å². The third kappa shape index (κ3) is 5.36. The topological polar surface area (TPSA) is 64.3 Å². The van der Waals surface area contributed by atoms with Gasteiger partial charge in [-0.2, -0.15) is 0 Å². The SMILES string of the molecule is CC(C)(C)OC(=O)[C@@H](NCCN)C1CCCCC1. The van der Waals surface area contributed by atoms with Crippen LogP contribution in [0.25, 0.3) is 0 Å². The molecule has 4 heteroatoms. The second-order valence-corrected chi connectivity index (χ2v) is 6.15. The van der Waals surface area contributed by atoms with Crippen molar-refractivity contribution >= 4 is 5.97 Å². The molecule has 0 aliphatic heterocycles. The molecule has 0 aromatic rings. The van der Waals surface area contributed by atoms with Crippen molar-refractivity contribution in [3.05, 3.63) is 0 Å². The molecule has 4 nitrogen and oxygen atoms in total. The quantitative estimate of drug-likeness (QED) is 0.737. The Morgan fingerprint density at radius 1 is 1.33 bits per heavy atom. The lowest BCUT2D eigenvalue weighted by Gasteiger charge is -2.31. The highest BCUT2D eigenvalue weighted by atomic mass is 16.6. The molecule has 3 N–H and O–H groups in total. The Labute approximate surface area is 111 Å².